The molecule has 0 atom stereocenters. The van der Waals surface area contributed by atoms with Crippen LogP contribution in [-0.2, 0) is 37.7 Å². The SMILES string of the molecule is CC(=O)/C=C(/C)O.Cc1cc(C#N)c[c-]c1-c1nccc2c1oc1c(C)c3c(c(C)c12)CCCC3.[Ir]. The number of furan rings is 1. The summed E-state index contributed by atoms with van der Waals surface area (Å²) in [6, 6.07) is 11.1. The van der Waals surface area contributed by atoms with Crippen LogP contribution in [0, 0.1) is 38.2 Å². The Morgan fingerprint density at radius 2 is 1.81 bits per heavy atom. The van der Waals surface area contributed by atoms with Gasteiger partial charge < -0.3 is 14.5 Å². The molecule has 0 aliphatic heterocycles. The van der Waals surface area contributed by atoms with E-state index in [0.29, 0.717) is 5.56 Å². The smallest absolute Gasteiger partial charge is 0.155 e. The Morgan fingerprint density at radius 3 is 2.36 bits per heavy atom. The monoisotopic (exact) mass is 658 g/mol. The third kappa shape index (κ3) is 5.14. The summed E-state index contributed by atoms with van der Waals surface area (Å²) in [7, 11) is 0. The van der Waals surface area contributed by atoms with E-state index >= 15 is 0 Å². The zero-order chi connectivity index (χ0) is 25.3. The van der Waals surface area contributed by atoms with Gasteiger partial charge in [0, 0.05) is 54.9 Å². The van der Waals surface area contributed by atoms with E-state index in [4.69, 9.17) is 14.8 Å². The number of carbonyl (C=O) groups is 1. The van der Waals surface area contributed by atoms with E-state index in [9.17, 15) is 4.79 Å². The van der Waals surface area contributed by atoms with Crippen LogP contribution in [0.2, 0.25) is 0 Å². The van der Waals surface area contributed by atoms with Gasteiger partial charge >= 0.3 is 0 Å². The number of aliphatic hydroxyl groups is 1. The number of fused-ring (bicyclic) bond motifs is 4. The number of allylic oxidation sites excluding steroid dienone is 2. The Hall–Kier alpha value is -3.26. The van der Waals surface area contributed by atoms with Crippen LogP contribution >= 0.6 is 0 Å². The van der Waals surface area contributed by atoms with E-state index in [0.717, 1.165) is 46.2 Å². The second-order valence-corrected chi connectivity index (χ2v) is 9.21. The maximum Gasteiger partial charge on any atom is 0.155 e. The van der Waals surface area contributed by atoms with Crippen LogP contribution in [0.1, 0.15) is 60.1 Å². The first-order chi connectivity index (χ1) is 16.7. The Labute approximate surface area is 225 Å². The van der Waals surface area contributed by atoms with Crippen molar-refractivity contribution in [2.24, 2.45) is 0 Å². The van der Waals surface area contributed by atoms with Gasteiger partial charge in [-0.3, -0.25) is 4.79 Å². The molecule has 5 nitrogen and oxygen atoms in total. The largest absolute Gasteiger partial charge is 0.512 e. The molecule has 4 aromatic rings. The summed E-state index contributed by atoms with van der Waals surface area (Å²) >= 11 is 0. The second kappa shape index (κ2) is 11.2. The van der Waals surface area contributed by atoms with Gasteiger partial charge in [0.05, 0.1) is 5.76 Å². The molecule has 1 aliphatic rings. The van der Waals surface area contributed by atoms with E-state index in [1.165, 1.54) is 60.4 Å². The molecule has 2 aromatic heterocycles. The number of hydrogen-bond donors (Lipinski definition) is 1. The molecule has 0 saturated carbocycles. The van der Waals surface area contributed by atoms with E-state index in [1.807, 2.05) is 19.2 Å². The number of ketones is 1. The number of aliphatic hydroxyl groups excluding tert-OH is 1. The molecule has 2 heterocycles. The minimum atomic E-state index is -0.125. The second-order valence-electron chi connectivity index (χ2n) is 9.21. The van der Waals surface area contributed by atoms with Gasteiger partial charge in [-0.15, -0.1) is 29.3 Å². The predicted molar refractivity (Wildman–Crippen MR) is 138 cm³/mol. The first kappa shape index (κ1) is 27.3. The van der Waals surface area contributed by atoms with Gasteiger partial charge in [0.25, 0.3) is 0 Å². The molecular weight excluding hydrogens is 629 g/mol. The summed E-state index contributed by atoms with van der Waals surface area (Å²) < 4.78 is 6.48. The molecule has 0 unspecified atom stereocenters. The van der Waals surface area contributed by atoms with Gasteiger partial charge in [-0.1, -0.05) is 6.92 Å². The quantitative estimate of drug-likeness (QED) is 0.141. The van der Waals surface area contributed by atoms with Gasteiger partial charge in [-0.2, -0.15) is 0 Å². The van der Waals surface area contributed by atoms with Crippen molar-refractivity contribution in [1.82, 2.24) is 4.98 Å². The van der Waals surface area contributed by atoms with Crippen LogP contribution in [0.5, 0.6) is 0 Å². The fraction of sp³-hybridized carbons (Fsp3) is 0.300. The van der Waals surface area contributed by atoms with Crippen molar-refractivity contribution in [3.63, 3.8) is 0 Å². The summed E-state index contributed by atoms with van der Waals surface area (Å²) in [5.74, 6) is -0.0625. The van der Waals surface area contributed by atoms with Gasteiger partial charge in [0.15, 0.2) is 5.78 Å². The first-order valence-corrected chi connectivity index (χ1v) is 11.9. The van der Waals surface area contributed by atoms with Crippen LogP contribution in [0.3, 0.4) is 0 Å². The number of benzene rings is 2. The zero-order valence-corrected chi connectivity index (χ0v) is 23.6. The minimum Gasteiger partial charge on any atom is -0.512 e. The van der Waals surface area contributed by atoms with Crippen LogP contribution in [0.25, 0.3) is 33.2 Å². The third-order valence-electron chi connectivity index (χ3n) is 6.61. The van der Waals surface area contributed by atoms with Crippen molar-refractivity contribution in [3.05, 3.63) is 75.7 Å². The molecule has 1 aliphatic carbocycles. The molecule has 0 saturated heterocycles. The molecule has 0 fully saturated rings. The van der Waals surface area contributed by atoms with Gasteiger partial charge in [0.1, 0.15) is 11.2 Å². The number of carbonyl (C=O) groups excluding carboxylic acids is 1. The number of nitrogens with zero attached hydrogens (tertiary/aromatic N) is 2. The van der Waals surface area contributed by atoms with Crippen LogP contribution in [0.4, 0.5) is 0 Å². The Bertz CT molecular complexity index is 1540. The molecule has 187 valence electrons. The molecule has 2 aromatic carbocycles. The summed E-state index contributed by atoms with van der Waals surface area (Å²) in [5.41, 5.74) is 10.7. The van der Waals surface area contributed by atoms with Gasteiger partial charge in [-0.25, -0.2) is 5.26 Å². The Morgan fingerprint density at radius 1 is 1.14 bits per heavy atom. The van der Waals surface area contributed by atoms with Gasteiger partial charge in [-0.05, 0) is 87.3 Å². The molecule has 1 N–H and O–H groups in total. The maximum atomic E-state index is 10.0. The van der Waals surface area contributed by atoms with Crippen molar-refractivity contribution < 1.29 is 34.4 Å². The van der Waals surface area contributed by atoms with Crippen molar-refractivity contribution in [1.29, 1.82) is 5.26 Å². The predicted octanol–water partition coefficient (Wildman–Crippen LogP) is 7.16. The fourth-order valence-corrected chi connectivity index (χ4v) is 5.08. The third-order valence-corrected chi connectivity index (χ3v) is 6.61. The molecule has 6 heteroatoms. The van der Waals surface area contributed by atoms with Gasteiger partial charge in [0.2, 0.25) is 0 Å². The maximum absolute atomic E-state index is 10.0. The van der Waals surface area contributed by atoms with E-state index in [1.54, 1.807) is 6.07 Å². The summed E-state index contributed by atoms with van der Waals surface area (Å²) in [5, 5.41) is 19.9. The first-order valence-electron chi connectivity index (χ1n) is 11.9. The Balaban J connectivity index is 0.000000400. The summed E-state index contributed by atoms with van der Waals surface area (Å²) in [6.07, 6.45) is 7.84. The van der Waals surface area contributed by atoms with Crippen molar-refractivity contribution in [2.45, 2.75) is 60.3 Å². The molecule has 1 radical (unpaired) electrons. The van der Waals surface area contributed by atoms with Crippen molar-refractivity contribution in [2.75, 3.05) is 0 Å². The van der Waals surface area contributed by atoms with E-state index in [-0.39, 0.29) is 31.6 Å². The van der Waals surface area contributed by atoms with E-state index < -0.39 is 0 Å². The average Bonchev–Trinajstić information content (AvgIpc) is 3.22. The topological polar surface area (TPSA) is 87.1 Å². The molecular formula is C30H29IrN2O3-. The average molecular weight is 658 g/mol. The van der Waals surface area contributed by atoms with Crippen molar-refractivity contribution >= 4 is 27.7 Å². The summed E-state index contributed by atoms with van der Waals surface area (Å²) in [6.45, 7) is 9.27. The number of aromatic nitrogens is 1. The summed E-state index contributed by atoms with van der Waals surface area (Å²) in [4.78, 5) is 14.7. The molecule has 0 bridgehead atoms. The van der Waals surface area contributed by atoms with Crippen LogP contribution in [-0.4, -0.2) is 15.9 Å². The van der Waals surface area contributed by atoms with Crippen LogP contribution < -0.4 is 0 Å². The van der Waals surface area contributed by atoms with E-state index in [2.05, 4.69) is 37.0 Å². The molecule has 5 rings (SSSR count). The fourth-order valence-electron chi connectivity index (χ4n) is 5.08. The standard InChI is InChI=1S/C25H21N2O.C5H8O2.Ir/c1-14-12-17(13-26)8-9-18(14)23-25-21(10-11-27-23)22-15(2)19-6-4-5-7-20(19)16(3)24(22)28-25;1-4(6)3-5(2)7;/h8,10-12H,4-7H2,1-3H3;3,6H,1-2H3;/q-1;;/b;4-3-;. The van der Waals surface area contributed by atoms with Crippen LogP contribution in [0.15, 0.2) is 40.6 Å². The molecule has 0 amide bonds. The number of pyridine rings is 1. The minimum absolute atomic E-state index is 0. The zero-order valence-electron chi connectivity index (χ0n) is 21.2. The number of nitriles is 1. The Kier molecular flexibility index (Phi) is 8.50. The van der Waals surface area contributed by atoms with Crippen molar-refractivity contribution in [3.8, 4) is 17.3 Å². The normalized spacial score (nSPS) is 12.8. The number of aryl methyl sites for hydroxylation is 3. The number of hydrogen-bond acceptors (Lipinski definition) is 5. The molecule has 36 heavy (non-hydrogen) atoms. The number of rotatable bonds is 2. The molecule has 0 spiro atoms.